The van der Waals surface area contributed by atoms with Crippen LogP contribution in [0.4, 0.5) is 11.4 Å². The Morgan fingerprint density at radius 1 is 0.967 bits per heavy atom. The first kappa shape index (κ1) is 22.3. The lowest BCUT2D eigenvalue weighted by atomic mass is 10.1. The van der Waals surface area contributed by atoms with Crippen molar-refractivity contribution in [3.63, 3.8) is 0 Å². The van der Waals surface area contributed by atoms with Gasteiger partial charge in [0.05, 0.1) is 4.92 Å². The molecule has 0 heterocycles. The third-order valence-electron chi connectivity index (χ3n) is 4.00. The fourth-order valence-corrected chi connectivity index (χ4v) is 2.50. The molecule has 10 heteroatoms. The summed E-state index contributed by atoms with van der Waals surface area (Å²) in [6.07, 6.45) is -0.205. The molecule has 0 aliphatic carbocycles. The maximum atomic E-state index is 12.0. The van der Waals surface area contributed by atoms with Crippen molar-refractivity contribution in [3.05, 3.63) is 63.7 Å². The fourth-order valence-electron chi connectivity index (χ4n) is 2.50. The summed E-state index contributed by atoms with van der Waals surface area (Å²) in [5.74, 6) is -1.67. The molecule has 2 aromatic carbocycles. The predicted octanol–water partition coefficient (Wildman–Crippen LogP) is 2.16. The zero-order valence-electron chi connectivity index (χ0n) is 16.6. The topological polar surface area (TPSA) is 140 Å². The van der Waals surface area contributed by atoms with Crippen LogP contribution < -0.4 is 20.9 Å². The van der Waals surface area contributed by atoms with E-state index in [0.29, 0.717) is 5.69 Å². The first-order valence-electron chi connectivity index (χ1n) is 9.07. The number of nitro groups is 1. The largest absolute Gasteiger partial charge is 0.477 e. The third kappa shape index (κ3) is 6.89. The highest BCUT2D eigenvalue weighted by Crippen LogP contribution is 2.25. The molecule has 0 saturated carbocycles. The van der Waals surface area contributed by atoms with Gasteiger partial charge in [-0.3, -0.25) is 35.3 Å². The lowest BCUT2D eigenvalue weighted by molar-refractivity contribution is -0.385. The van der Waals surface area contributed by atoms with Gasteiger partial charge < -0.3 is 10.1 Å². The van der Waals surface area contributed by atoms with E-state index in [1.165, 1.54) is 24.3 Å². The average molecular weight is 414 g/mol. The minimum absolute atomic E-state index is 0.0629. The Labute approximate surface area is 172 Å². The van der Waals surface area contributed by atoms with E-state index in [-0.39, 0.29) is 30.2 Å². The number of aryl methyl sites for hydroxylation is 2. The van der Waals surface area contributed by atoms with Crippen molar-refractivity contribution in [2.45, 2.75) is 26.7 Å². The summed E-state index contributed by atoms with van der Waals surface area (Å²) in [6.45, 7) is 3.29. The van der Waals surface area contributed by atoms with Crippen LogP contribution in [-0.2, 0) is 14.4 Å². The van der Waals surface area contributed by atoms with E-state index in [1.54, 1.807) is 6.07 Å². The number of para-hydroxylation sites is 2. The summed E-state index contributed by atoms with van der Waals surface area (Å²) in [6, 6.07) is 11.2. The summed E-state index contributed by atoms with van der Waals surface area (Å²) < 4.78 is 5.11. The Morgan fingerprint density at radius 2 is 1.63 bits per heavy atom. The number of nitrogens with one attached hydrogen (secondary N) is 3. The van der Waals surface area contributed by atoms with E-state index < -0.39 is 23.3 Å². The Hall–Kier alpha value is -3.95. The smallest absolute Gasteiger partial charge is 0.310 e. The van der Waals surface area contributed by atoms with Gasteiger partial charge in [0.25, 0.3) is 5.91 Å². The molecule has 0 aliphatic rings. The van der Waals surface area contributed by atoms with Crippen molar-refractivity contribution in [2.75, 3.05) is 11.9 Å². The molecule has 3 N–H and O–H groups in total. The van der Waals surface area contributed by atoms with Gasteiger partial charge in [-0.25, -0.2) is 0 Å². The van der Waals surface area contributed by atoms with E-state index in [1.807, 2.05) is 26.0 Å². The Bertz CT molecular complexity index is 960. The van der Waals surface area contributed by atoms with Crippen LogP contribution in [0, 0.1) is 24.0 Å². The van der Waals surface area contributed by atoms with Crippen LogP contribution in [0.1, 0.15) is 24.0 Å². The van der Waals surface area contributed by atoms with Gasteiger partial charge >= 0.3 is 5.69 Å². The van der Waals surface area contributed by atoms with Crippen molar-refractivity contribution >= 4 is 29.1 Å². The van der Waals surface area contributed by atoms with Gasteiger partial charge in [0.2, 0.25) is 11.8 Å². The highest BCUT2D eigenvalue weighted by molar-refractivity contribution is 5.94. The molecule has 0 spiro atoms. The number of hydrogen-bond acceptors (Lipinski definition) is 6. The number of nitrogens with zero attached hydrogens (tertiary/aromatic N) is 1. The molecule has 2 rings (SSSR count). The van der Waals surface area contributed by atoms with Gasteiger partial charge in [0.1, 0.15) is 0 Å². The quantitative estimate of drug-likeness (QED) is 0.447. The summed E-state index contributed by atoms with van der Waals surface area (Å²) in [4.78, 5) is 45.8. The van der Waals surface area contributed by atoms with E-state index in [0.717, 1.165) is 11.1 Å². The van der Waals surface area contributed by atoms with E-state index in [9.17, 15) is 24.5 Å². The molecule has 0 aliphatic heterocycles. The van der Waals surface area contributed by atoms with Crippen LogP contribution in [0.2, 0.25) is 0 Å². The van der Waals surface area contributed by atoms with Crippen LogP contribution in [0.3, 0.4) is 0 Å². The second kappa shape index (κ2) is 10.6. The summed E-state index contributed by atoms with van der Waals surface area (Å²) in [7, 11) is 0. The maximum absolute atomic E-state index is 12.0. The SMILES string of the molecule is Cc1ccc(NC(=O)CCC(=O)NNC(=O)COc2ccccc2[N+](=O)[O-])c(C)c1. The zero-order chi connectivity index (χ0) is 22.1. The third-order valence-corrected chi connectivity index (χ3v) is 4.00. The number of benzene rings is 2. The molecule has 0 bridgehead atoms. The molecule has 30 heavy (non-hydrogen) atoms. The van der Waals surface area contributed by atoms with Crippen molar-refractivity contribution in [2.24, 2.45) is 0 Å². The molecule has 0 saturated heterocycles. The molecular formula is C20H22N4O6. The molecule has 0 aromatic heterocycles. The number of nitro benzene ring substituents is 1. The lowest BCUT2D eigenvalue weighted by Gasteiger charge is -2.10. The molecular weight excluding hydrogens is 392 g/mol. The highest BCUT2D eigenvalue weighted by Gasteiger charge is 2.15. The van der Waals surface area contributed by atoms with E-state index in [4.69, 9.17) is 4.74 Å². The average Bonchev–Trinajstić information content (AvgIpc) is 2.71. The number of hydrazine groups is 1. The maximum Gasteiger partial charge on any atom is 0.310 e. The zero-order valence-corrected chi connectivity index (χ0v) is 16.6. The molecule has 0 fully saturated rings. The van der Waals surface area contributed by atoms with Gasteiger partial charge in [-0.05, 0) is 31.5 Å². The molecule has 0 unspecified atom stereocenters. The summed E-state index contributed by atoms with van der Waals surface area (Å²) in [5.41, 5.74) is 6.68. The second-order valence-electron chi connectivity index (χ2n) is 6.48. The molecule has 0 atom stereocenters. The van der Waals surface area contributed by atoms with Crippen molar-refractivity contribution in [1.82, 2.24) is 10.9 Å². The van der Waals surface area contributed by atoms with Gasteiger partial charge in [0.15, 0.2) is 12.4 Å². The predicted molar refractivity (Wildman–Crippen MR) is 109 cm³/mol. The molecule has 10 nitrogen and oxygen atoms in total. The van der Waals surface area contributed by atoms with Crippen molar-refractivity contribution in [3.8, 4) is 5.75 Å². The summed E-state index contributed by atoms with van der Waals surface area (Å²) in [5, 5.41) is 13.6. The van der Waals surface area contributed by atoms with Crippen LogP contribution in [-0.4, -0.2) is 29.3 Å². The first-order chi connectivity index (χ1) is 14.3. The molecule has 2 aromatic rings. The lowest BCUT2D eigenvalue weighted by Crippen LogP contribution is -2.44. The number of amides is 3. The number of carbonyl (C=O) groups is 3. The fraction of sp³-hybridized carbons (Fsp3) is 0.250. The monoisotopic (exact) mass is 414 g/mol. The Morgan fingerprint density at radius 3 is 2.33 bits per heavy atom. The Balaban J connectivity index is 1.71. The number of carbonyl (C=O) groups excluding carboxylic acids is 3. The molecule has 158 valence electrons. The van der Waals surface area contributed by atoms with Crippen LogP contribution >= 0.6 is 0 Å². The van der Waals surface area contributed by atoms with E-state index >= 15 is 0 Å². The normalized spacial score (nSPS) is 10.1. The van der Waals surface area contributed by atoms with Crippen LogP contribution in [0.25, 0.3) is 0 Å². The van der Waals surface area contributed by atoms with Crippen molar-refractivity contribution < 1.29 is 24.0 Å². The number of rotatable bonds is 8. The standard InChI is InChI=1S/C20H22N4O6/c1-13-7-8-15(14(2)11-13)21-18(25)9-10-19(26)22-23-20(27)12-30-17-6-4-3-5-16(17)24(28)29/h3-8,11H,9-10,12H2,1-2H3,(H,21,25)(H,22,26)(H,23,27). The molecule has 0 radical (unpaired) electrons. The van der Waals surface area contributed by atoms with Crippen molar-refractivity contribution in [1.29, 1.82) is 0 Å². The van der Waals surface area contributed by atoms with Gasteiger partial charge in [0, 0.05) is 24.6 Å². The van der Waals surface area contributed by atoms with Crippen LogP contribution in [0.5, 0.6) is 5.75 Å². The van der Waals surface area contributed by atoms with E-state index in [2.05, 4.69) is 16.2 Å². The Kier molecular flexibility index (Phi) is 7.86. The first-order valence-corrected chi connectivity index (χ1v) is 9.07. The minimum Gasteiger partial charge on any atom is -0.477 e. The number of hydrogen-bond donors (Lipinski definition) is 3. The number of anilines is 1. The highest BCUT2D eigenvalue weighted by atomic mass is 16.6. The minimum atomic E-state index is -0.707. The van der Waals surface area contributed by atoms with Gasteiger partial charge in [-0.1, -0.05) is 29.8 Å². The number of ether oxygens (including phenoxy) is 1. The van der Waals surface area contributed by atoms with Gasteiger partial charge in [-0.15, -0.1) is 0 Å². The second-order valence-corrected chi connectivity index (χ2v) is 6.48. The summed E-state index contributed by atoms with van der Waals surface area (Å²) >= 11 is 0. The van der Waals surface area contributed by atoms with Crippen LogP contribution in [0.15, 0.2) is 42.5 Å². The van der Waals surface area contributed by atoms with Gasteiger partial charge in [-0.2, -0.15) is 0 Å². The molecule has 3 amide bonds.